The molecule has 0 aliphatic rings. The van der Waals surface area contributed by atoms with Gasteiger partial charge in [0.05, 0.1) is 6.04 Å². The SMILES string of the molecule is CC(C)[C@H](NC(=O)COCc1nnc(C(=O)Nc2cccc(Cl)c2)s1)c1cccs1. The molecule has 0 spiro atoms. The summed E-state index contributed by atoms with van der Waals surface area (Å²) in [6.07, 6.45) is 0. The summed E-state index contributed by atoms with van der Waals surface area (Å²) < 4.78 is 5.46. The van der Waals surface area contributed by atoms with Gasteiger partial charge in [-0.2, -0.15) is 0 Å². The van der Waals surface area contributed by atoms with Crippen molar-refractivity contribution in [3.63, 3.8) is 0 Å². The lowest BCUT2D eigenvalue weighted by atomic mass is 10.0. The average molecular weight is 465 g/mol. The van der Waals surface area contributed by atoms with Gasteiger partial charge in [0.25, 0.3) is 5.91 Å². The summed E-state index contributed by atoms with van der Waals surface area (Å²) in [5, 5.41) is 16.8. The minimum absolute atomic E-state index is 0.0515. The second-order valence-electron chi connectivity index (χ2n) is 6.76. The van der Waals surface area contributed by atoms with Gasteiger partial charge in [0.1, 0.15) is 18.2 Å². The number of benzene rings is 1. The second-order valence-corrected chi connectivity index (χ2v) is 9.24. The van der Waals surface area contributed by atoms with Crippen molar-refractivity contribution in [2.45, 2.75) is 26.5 Å². The van der Waals surface area contributed by atoms with Crippen LogP contribution in [0.4, 0.5) is 5.69 Å². The summed E-state index contributed by atoms with van der Waals surface area (Å²) in [5.74, 6) is -0.323. The highest BCUT2D eigenvalue weighted by Crippen LogP contribution is 2.25. The number of nitrogens with one attached hydrogen (secondary N) is 2. The zero-order valence-corrected chi connectivity index (χ0v) is 18.8. The first kappa shape index (κ1) is 22.4. The van der Waals surface area contributed by atoms with Crippen molar-refractivity contribution < 1.29 is 14.3 Å². The van der Waals surface area contributed by atoms with E-state index in [1.54, 1.807) is 35.6 Å². The summed E-state index contributed by atoms with van der Waals surface area (Å²) in [6.45, 7) is 4.12. The Labute approximate surface area is 187 Å². The van der Waals surface area contributed by atoms with Crippen molar-refractivity contribution in [1.82, 2.24) is 15.5 Å². The molecule has 0 aliphatic heterocycles. The third kappa shape index (κ3) is 6.33. The maximum Gasteiger partial charge on any atom is 0.286 e. The topological polar surface area (TPSA) is 93.2 Å². The zero-order valence-electron chi connectivity index (χ0n) is 16.4. The molecule has 158 valence electrons. The highest BCUT2D eigenvalue weighted by atomic mass is 35.5. The van der Waals surface area contributed by atoms with E-state index in [0.29, 0.717) is 15.7 Å². The van der Waals surface area contributed by atoms with Crippen LogP contribution in [0.3, 0.4) is 0 Å². The van der Waals surface area contributed by atoms with Crippen LogP contribution >= 0.6 is 34.3 Å². The van der Waals surface area contributed by atoms with Gasteiger partial charge in [-0.1, -0.05) is 48.9 Å². The largest absolute Gasteiger partial charge is 0.364 e. The normalized spacial score (nSPS) is 12.0. The van der Waals surface area contributed by atoms with Crippen LogP contribution in [0.1, 0.15) is 39.6 Å². The number of hydrogen-bond acceptors (Lipinski definition) is 7. The van der Waals surface area contributed by atoms with Gasteiger partial charge in [0.15, 0.2) is 0 Å². The highest BCUT2D eigenvalue weighted by Gasteiger charge is 2.19. The lowest BCUT2D eigenvalue weighted by molar-refractivity contribution is -0.127. The Bertz CT molecular complexity index is 992. The third-order valence-corrected chi connectivity index (χ3v) is 6.12. The molecule has 0 aliphatic carbocycles. The van der Waals surface area contributed by atoms with Crippen molar-refractivity contribution in [3.05, 3.63) is 61.7 Å². The van der Waals surface area contributed by atoms with Gasteiger partial charge in [-0.25, -0.2) is 0 Å². The molecule has 0 saturated heterocycles. The van der Waals surface area contributed by atoms with Gasteiger partial charge in [-0.15, -0.1) is 21.5 Å². The maximum atomic E-state index is 12.3. The second kappa shape index (κ2) is 10.6. The summed E-state index contributed by atoms with van der Waals surface area (Å²) in [7, 11) is 0. The number of halogens is 1. The Balaban J connectivity index is 1.47. The first-order valence-electron chi connectivity index (χ1n) is 9.22. The molecule has 2 N–H and O–H groups in total. The Morgan fingerprint density at radius 2 is 2.03 bits per heavy atom. The summed E-state index contributed by atoms with van der Waals surface area (Å²) in [6, 6.07) is 10.8. The number of thiophene rings is 1. The van der Waals surface area contributed by atoms with E-state index in [1.165, 1.54) is 0 Å². The summed E-state index contributed by atoms with van der Waals surface area (Å²) in [5.41, 5.74) is 0.572. The van der Waals surface area contributed by atoms with E-state index < -0.39 is 0 Å². The molecule has 2 amide bonds. The predicted molar refractivity (Wildman–Crippen MR) is 119 cm³/mol. The summed E-state index contributed by atoms with van der Waals surface area (Å²) in [4.78, 5) is 25.6. The number of hydrogen-bond donors (Lipinski definition) is 2. The van der Waals surface area contributed by atoms with E-state index in [9.17, 15) is 9.59 Å². The van der Waals surface area contributed by atoms with E-state index in [0.717, 1.165) is 16.2 Å². The Morgan fingerprint density at radius 1 is 1.20 bits per heavy atom. The molecular formula is C20H21ClN4O3S2. The van der Waals surface area contributed by atoms with Crippen LogP contribution in [0.2, 0.25) is 5.02 Å². The molecule has 10 heteroatoms. The van der Waals surface area contributed by atoms with Gasteiger partial charge in [-0.05, 0) is 35.6 Å². The van der Waals surface area contributed by atoms with Crippen molar-refractivity contribution in [2.75, 3.05) is 11.9 Å². The number of carbonyl (C=O) groups is 2. The minimum atomic E-state index is -0.380. The van der Waals surface area contributed by atoms with Crippen molar-refractivity contribution in [3.8, 4) is 0 Å². The van der Waals surface area contributed by atoms with Gasteiger partial charge in [0.2, 0.25) is 10.9 Å². The number of ether oxygens (including phenoxy) is 1. The number of anilines is 1. The molecule has 1 atom stereocenters. The zero-order chi connectivity index (χ0) is 21.5. The third-order valence-electron chi connectivity index (χ3n) is 4.04. The van der Waals surface area contributed by atoms with E-state index in [2.05, 4.69) is 34.7 Å². The smallest absolute Gasteiger partial charge is 0.286 e. The molecule has 0 fully saturated rings. The van der Waals surface area contributed by atoms with Crippen LogP contribution in [0, 0.1) is 5.92 Å². The fraction of sp³-hybridized carbons (Fsp3) is 0.300. The Kier molecular flexibility index (Phi) is 7.92. The quantitative estimate of drug-likeness (QED) is 0.485. The lowest BCUT2D eigenvalue weighted by Crippen LogP contribution is -2.33. The summed E-state index contributed by atoms with van der Waals surface area (Å²) >= 11 is 8.64. The molecule has 3 aromatic rings. The Morgan fingerprint density at radius 3 is 2.73 bits per heavy atom. The fourth-order valence-corrected chi connectivity index (χ4v) is 4.45. The van der Waals surface area contributed by atoms with Crippen molar-refractivity contribution in [1.29, 1.82) is 0 Å². The molecular weight excluding hydrogens is 444 g/mol. The van der Waals surface area contributed by atoms with Crippen LogP contribution in [0.15, 0.2) is 41.8 Å². The van der Waals surface area contributed by atoms with Gasteiger partial charge >= 0.3 is 0 Å². The van der Waals surface area contributed by atoms with E-state index in [1.807, 2.05) is 17.5 Å². The molecule has 30 heavy (non-hydrogen) atoms. The standard InChI is InChI=1S/C20H21ClN4O3S2/c1-12(2)18(15-7-4-8-29-15)23-16(26)10-28-11-17-24-25-20(30-17)19(27)22-14-6-3-5-13(21)9-14/h3-9,12,18H,10-11H2,1-2H3,(H,22,27)(H,23,26)/t18-/m0/s1. The molecule has 0 unspecified atom stereocenters. The lowest BCUT2D eigenvalue weighted by Gasteiger charge is -2.21. The first-order chi connectivity index (χ1) is 14.4. The Hall–Kier alpha value is -2.33. The molecule has 7 nitrogen and oxygen atoms in total. The van der Waals surface area contributed by atoms with E-state index in [4.69, 9.17) is 16.3 Å². The monoisotopic (exact) mass is 464 g/mol. The van der Waals surface area contributed by atoms with Crippen LogP contribution in [-0.2, 0) is 16.1 Å². The minimum Gasteiger partial charge on any atom is -0.364 e. The van der Waals surface area contributed by atoms with Gasteiger partial charge in [0, 0.05) is 15.6 Å². The fourth-order valence-electron chi connectivity index (χ4n) is 2.64. The van der Waals surface area contributed by atoms with E-state index >= 15 is 0 Å². The van der Waals surface area contributed by atoms with Crippen LogP contribution in [-0.4, -0.2) is 28.6 Å². The molecule has 3 rings (SSSR count). The van der Waals surface area contributed by atoms with Gasteiger partial charge in [-0.3, -0.25) is 9.59 Å². The maximum absolute atomic E-state index is 12.3. The molecule has 1 aromatic carbocycles. The van der Waals surface area contributed by atoms with Crippen LogP contribution in [0.5, 0.6) is 0 Å². The number of nitrogens with zero attached hydrogens (tertiary/aromatic N) is 2. The number of carbonyl (C=O) groups excluding carboxylic acids is 2. The first-order valence-corrected chi connectivity index (χ1v) is 11.3. The van der Waals surface area contributed by atoms with Gasteiger partial charge < -0.3 is 15.4 Å². The van der Waals surface area contributed by atoms with Crippen LogP contribution in [0.25, 0.3) is 0 Å². The number of rotatable bonds is 9. The predicted octanol–water partition coefficient (Wildman–Crippen LogP) is 4.54. The molecule has 2 heterocycles. The molecule has 0 radical (unpaired) electrons. The molecule has 0 saturated carbocycles. The molecule has 0 bridgehead atoms. The molecule has 2 aromatic heterocycles. The number of aromatic nitrogens is 2. The van der Waals surface area contributed by atoms with Crippen molar-refractivity contribution in [2.24, 2.45) is 5.92 Å². The van der Waals surface area contributed by atoms with Crippen LogP contribution < -0.4 is 10.6 Å². The van der Waals surface area contributed by atoms with Crippen molar-refractivity contribution >= 4 is 51.8 Å². The van der Waals surface area contributed by atoms with E-state index in [-0.39, 0.29) is 42.0 Å². The average Bonchev–Trinajstić information content (AvgIpc) is 3.38. The highest BCUT2D eigenvalue weighted by molar-refractivity contribution is 7.13. The number of amides is 2.